The zero-order chi connectivity index (χ0) is 13.7. The van der Waals surface area contributed by atoms with E-state index in [1.165, 1.54) is 6.33 Å². The van der Waals surface area contributed by atoms with Crippen LogP contribution in [0.15, 0.2) is 43.4 Å². The molecule has 96 valence electrons. The first-order chi connectivity index (χ1) is 9.26. The lowest BCUT2D eigenvalue weighted by Gasteiger charge is -2.05. The zero-order valence-corrected chi connectivity index (χ0v) is 10.5. The molecule has 0 aliphatic heterocycles. The number of anilines is 1. The number of nitrogens with one attached hydrogen (secondary N) is 1. The SMILES string of the molecule is C=C/C(=C\C=C/C)c1cnc(N)c(-c2ncn[nH]2)n1. The van der Waals surface area contributed by atoms with Crippen LogP contribution in [-0.2, 0) is 0 Å². The summed E-state index contributed by atoms with van der Waals surface area (Å²) >= 11 is 0. The Balaban J connectivity index is 2.49. The summed E-state index contributed by atoms with van der Waals surface area (Å²) in [5.74, 6) is 0.788. The van der Waals surface area contributed by atoms with Gasteiger partial charge in [0.1, 0.15) is 12.0 Å². The smallest absolute Gasteiger partial charge is 0.177 e. The minimum absolute atomic E-state index is 0.301. The monoisotopic (exact) mass is 254 g/mol. The Kier molecular flexibility index (Phi) is 3.82. The molecule has 0 aliphatic rings. The number of nitrogen functional groups attached to an aromatic ring is 1. The van der Waals surface area contributed by atoms with Crippen molar-refractivity contribution in [1.82, 2.24) is 25.1 Å². The molecule has 0 unspecified atom stereocenters. The number of H-pyrrole nitrogens is 1. The fourth-order valence-corrected chi connectivity index (χ4v) is 1.49. The molecule has 0 atom stereocenters. The van der Waals surface area contributed by atoms with Crippen molar-refractivity contribution >= 4 is 11.4 Å². The minimum atomic E-state index is 0.301. The van der Waals surface area contributed by atoms with Gasteiger partial charge in [-0.1, -0.05) is 30.9 Å². The van der Waals surface area contributed by atoms with Gasteiger partial charge in [0.25, 0.3) is 0 Å². The highest BCUT2D eigenvalue weighted by molar-refractivity contribution is 5.74. The van der Waals surface area contributed by atoms with Crippen molar-refractivity contribution < 1.29 is 0 Å². The molecule has 3 N–H and O–H groups in total. The standard InChI is InChI=1S/C13H14N6/c1-3-5-6-9(4-2)10-7-15-12(14)11(18-10)13-16-8-17-19-13/h3-8H,2H2,1H3,(H2,14,15)(H,16,17,19)/b5-3-,9-6+. The van der Waals surface area contributed by atoms with E-state index in [1.807, 2.05) is 25.2 Å². The van der Waals surface area contributed by atoms with Crippen molar-refractivity contribution in [2.24, 2.45) is 0 Å². The number of aromatic amines is 1. The molecule has 6 heteroatoms. The molecule has 0 spiro atoms. The largest absolute Gasteiger partial charge is 0.382 e. The fraction of sp³-hybridized carbons (Fsp3) is 0.0769. The molecular formula is C13H14N6. The third-order valence-electron chi connectivity index (χ3n) is 2.42. The number of aromatic nitrogens is 5. The van der Waals surface area contributed by atoms with Gasteiger partial charge in [0, 0.05) is 5.57 Å². The maximum atomic E-state index is 5.80. The summed E-state index contributed by atoms with van der Waals surface area (Å²) < 4.78 is 0. The molecule has 0 bridgehead atoms. The third-order valence-corrected chi connectivity index (χ3v) is 2.42. The van der Waals surface area contributed by atoms with E-state index in [1.54, 1.807) is 12.3 Å². The first-order valence-electron chi connectivity index (χ1n) is 5.70. The van der Waals surface area contributed by atoms with Crippen molar-refractivity contribution in [1.29, 1.82) is 0 Å². The molecule has 6 nitrogen and oxygen atoms in total. The first-order valence-corrected chi connectivity index (χ1v) is 5.70. The van der Waals surface area contributed by atoms with Crippen LogP contribution in [0.2, 0.25) is 0 Å². The van der Waals surface area contributed by atoms with Crippen molar-refractivity contribution in [3.05, 3.63) is 49.1 Å². The van der Waals surface area contributed by atoms with Crippen LogP contribution in [0.3, 0.4) is 0 Å². The highest BCUT2D eigenvalue weighted by Gasteiger charge is 2.11. The van der Waals surface area contributed by atoms with E-state index >= 15 is 0 Å². The molecular weight excluding hydrogens is 240 g/mol. The summed E-state index contributed by atoms with van der Waals surface area (Å²) in [7, 11) is 0. The summed E-state index contributed by atoms with van der Waals surface area (Å²) in [5, 5.41) is 6.50. The molecule has 0 saturated heterocycles. The van der Waals surface area contributed by atoms with Crippen LogP contribution in [0, 0.1) is 0 Å². The van der Waals surface area contributed by atoms with Gasteiger partial charge in [-0.05, 0) is 6.92 Å². The maximum Gasteiger partial charge on any atom is 0.177 e. The predicted molar refractivity (Wildman–Crippen MR) is 74.8 cm³/mol. The second-order valence-corrected chi connectivity index (χ2v) is 3.68. The Hall–Kier alpha value is -2.76. The number of allylic oxidation sites excluding steroid dienone is 5. The molecule has 19 heavy (non-hydrogen) atoms. The Morgan fingerprint density at radius 2 is 2.26 bits per heavy atom. The van der Waals surface area contributed by atoms with Gasteiger partial charge in [-0.3, -0.25) is 5.10 Å². The highest BCUT2D eigenvalue weighted by Crippen LogP contribution is 2.21. The van der Waals surface area contributed by atoms with Gasteiger partial charge in [-0.25, -0.2) is 15.0 Å². The van der Waals surface area contributed by atoms with E-state index in [4.69, 9.17) is 5.73 Å². The summed E-state index contributed by atoms with van der Waals surface area (Å²) in [6, 6.07) is 0. The van der Waals surface area contributed by atoms with E-state index < -0.39 is 0 Å². The van der Waals surface area contributed by atoms with E-state index in [9.17, 15) is 0 Å². The quantitative estimate of drug-likeness (QED) is 0.814. The number of nitrogens with zero attached hydrogens (tertiary/aromatic N) is 4. The van der Waals surface area contributed by atoms with E-state index in [0.29, 0.717) is 23.0 Å². The second kappa shape index (κ2) is 5.72. The van der Waals surface area contributed by atoms with Crippen LogP contribution >= 0.6 is 0 Å². The lowest BCUT2D eigenvalue weighted by molar-refractivity contribution is 1.08. The summed E-state index contributed by atoms with van der Waals surface area (Å²) in [5.41, 5.74) is 7.80. The molecule has 0 aromatic carbocycles. The maximum absolute atomic E-state index is 5.80. The van der Waals surface area contributed by atoms with Gasteiger partial charge >= 0.3 is 0 Å². The molecule has 0 fully saturated rings. The van der Waals surface area contributed by atoms with Crippen molar-refractivity contribution in [3.8, 4) is 11.5 Å². The minimum Gasteiger partial charge on any atom is -0.382 e. The Bertz CT molecular complexity index is 625. The van der Waals surface area contributed by atoms with Crippen LogP contribution in [0.5, 0.6) is 0 Å². The first kappa shape index (κ1) is 12.7. The van der Waals surface area contributed by atoms with Crippen LogP contribution in [0.1, 0.15) is 12.6 Å². The summed E-state index contributed by atoms with van der Waals surface area (Å²) in [6.07, 6.45) is 10.4. The average Bonchev–Trinajstić information content (AvgIpc) is 2.95. The van der Waals surface area contributed by atoms with Gasteiger partial charge in [0.05, 0.1) is 11.9 Å². The van der Waals surface area contributed by atoms with Crippen LogP contribution in [-0.4, -0.2) is 25.1 Å². The zero-order valence-electron chi connectivity index (χ0n) is 10.5. The Morgan fingerprint density at radius 3 is 2.89 bits per heavy atom. The lowest BCUT2D eigenvalue weighted by atomic mass is 10.1. The number of nitrogens with two attached hydrogens (primary N) is 1. The summed E-state index contributed by atoms with van der Waals surface area (Å²) in [6.45, 7) is 5.70. The van der Waals surface area contributed by atoms with E-state index in [0.717, 1.165) is 5.57 Å². The number of hydrogen-bond acceptors (Lipinski definition) is 5. The second-order valence-electron chi connectivity index (χ2n) is 3.68. The van der Waals surface area contributed by atoms with Crippen molar-refractivity contribution in [2.75, 3.05) is 5.73 Å². The topological polar surface area (TPSA) is 93.4 Å². The molecule has 0 amide bonds. The molecule has 2 rings (SSSR count). The molecule has 2 aromatic rings. The molecule has 0 saturated carbocycles. The Labute approximate surface area is 110 Å². The third kappa shape index (κ3) is 2.74. The van der Waals surface area contributed by atoms with Crippen molar-refractivity contribution in [3.63, 3.8) is 0 Å². The van der Waals surface area contributed by atoms with Gasteiger partial charge in [0.2, 0.25) is 0 Å². The normalized spacial score (nSPS) is 11.9. The van der Waals surface area contributed by atoms with Crippen LogP contribution in [0.4, 0.5) is 5.82 Å². The summed E-state index contributed by atoms with van der Waals surface area (Å²) in [4.78, 5) is 12.6. The van der Waals surface area contributed by atoms with Crippen LogP contribution < -0.4 is 5.73 Å². The Morgan fingerprint density at radius 1 is 1.42 bits per heavy atom. The van der Waals surface area contributed by atoms with Crippen LogP contribution in [0.25, 0.3) is 17.1 Å². The molecule has 2 aromatic heterocycles. The van der Waals surface area contributed by atoms with Gasteiger partial charge < -0.3 is 5.73 Å². The lowest BCUT2D eigenvalue weighted by Crippen LogP contribution is -2.01. The molecule has 0 aliphatic carbocycles. The van der Waals surface area contributed by atoms with Gasteiger partial charge in [-0.15, -0.1) is 0 Å². The average molecular weight is 254 g/mol. The molecule has 2 heterocycles. The van der Waals surface area contributed by atoms with Gasteiger partial charge in [-0.2, -0.15) is 5.10 Å². The number of rotatable bonds is 4. The van der Waals surface area contributed by atoms with Crippen molar-refractivity contribution in [2.45, 2.75) is 6.92 Å². The van der Waals surface area contributed by atoms with Gasteiger partial charge in [0.15, 0.2) is 11.6 Å². The fourth-order valence-electron chi connectivity index (χ4n) is 1.49. The highest BCUT2D eigenvalue weighted by atomic mass is 15.2. The van der Waals surface area contributed by atoms with E-state index in [2.05, 4.69) is 31.7 Å². The molecule has 0 radical (unpaired) electrons. The predicted octanol–water partition coefficient (Wildman–Crippen LogP) is 1.99. The van der Waals surface area contributed by atoms with E-state index in [-0.39, 0.29) is 0 Å². The number of hydrogen-bond donors (Lipinski definition) is 2.